The van der Waals surface area contributed by atoms with E-state index in [2.05, 4.69) is 4.98 Å². The second kappa shape index (κ2) is 4.92. The number of anilines is 1. The normalized spacial score (nSPS) is 25.4. The smallest absolute Gasteiger partial charge is 0.351 e. The third kappa shape index (κ3) is 3.32. The molecule has 0 spiro atoms. The molecule has 0 saturated heterocycles. The summed E-state index contributed by atoms with van der Waals surface area (Å²) in [6.07, 6.45) is 3.84. The minimum Gasteiger partial charge on any atom is -0.383 e. The fraction of sp³-hybridized carbons (Fsp3) is 0.455. The van der Waals surface area contributed by atoms with Gasteiger partial charge in [0, 0.05) is 18.4 Å². The van der Waals surface area contributed by atoms with Crippen molar-refractivity contribution in [1.82, 2.24) is 9.55 Å². The van der Waals surface area contributed by atoms with Crippen LogP contribution in [-0.4, -0.2) is 33.4 Å². The van der Waals surface area contributed by atoms with Crippen LogP contribution in [0.4, 0.5) is 5.82 Å². The molecule has 2 rings (SSSR count). The molecule has 0 fully saturated rings. The maximum atomic E-state index is 11.7. The van der Waals surface area contributed by atoms with Crippen LogP contribution >= 0.6 is 7.37 Å². The van der Waals surface area contributed by atoms with Gasteiger partial charge in [-0.05, 0) is 13.0 Å². The van der Waals surface area contributed by atoms with Gasteiger partial charge >= 0.3 is 5.69 Å². The zero-order valence-corrected chi connectivity index (χ0v) is 11.6. The second-order valence-electron chi connectivity index (χ2n) is 4.68. The summed E-state index contributed by atoms with van der Waals surface area (Å²) in [5, 5.41) is 0. The Morgan fingerprint density at radius 2 is 2.26 bits per heavy atom. The van der Waals surface area contributed by atoms with Gasteiger partial charge in [-0.15, -0.1) is 0 Å². The fourth-order valence-corrected chi connectivity index (χ4v) is 2.72. The number of nitrogens with two attached hydrogens (primary N) is 1. The molecule has 3 atom stereocenters. The van der Waals surface area contributed by atoms with E-state index in [1.165, 1.54) is 11.2 Å². The summed E-state index contributed by atoms with van der Waals surface area (Å²) < 4.78 is 18.2. The first-order chi connectivity index (χ1) is 8.76. The van der Waals surface area contributed by atoms with Crippen LogP contribution in [0.3, 0.4) is 0 Å². The molecule has 7 nitrogen and oxygen atoms in total. The minimum atomic E-state index is -3.16. The van der Waals surface area contributed by atoms with Gasteiger partial charge in [0.2, 0.25) is 7.37 Å². The average Bonchev–Trinajstić information content (AvgIpc) is 2.69. The van der Waals surface area contributed by atoms with Crippen molar-refractivity contribution in [2.45, 2.75) is 19.3 Å². The highest BCUT2D eigenvalue weighted by molar-refractivity contribution is 7.57. The van der Waals surface area contributed by atoms with Crippen molar-refractivity contribution in [3.63, 3.8) is 0 Å². The van der Waals surface area contributed by atoms with Gasteiger partial charge in [0.05, 0.1) is 12.3 Å². The molecule has 3 N–H and O–H groups in total. The third-order valence-electron chi connectivity index (χ3n) is 2.77. The monoisotopic (exact) mass is 285 g/mol. The number of aromatic nitrogens is 2. The molecular formula is C11H16N3O4P. The Labute approximate surface area is 110 Å². The fourth-order valence-electron chi connectivity index (χ4n) is 1.85. The van der Waals surface area contributed by atoms with Gasteiger partial charge in [-0.3, -0.25) is 9.13 Å². The number of nitrogens with zero attached hydrogens (tertiary/aromatic N) is 2. The topological polar surface area (TPSA) is 107 Å². The molecule has 0 bridgehead atoms. The third-order valence-corrected chi connectivity index (χ3v) is 3.81. The summed E-state index contributed by atoms with van der Waals surface area (Å²) >= 11 is 0. The largest absolute Gasteiger partial charge is 0.383 e. The first-order valence-corrected chi connectivity index (χ1v) is 8.04. The number of hydrogen-bond donors (Lipinski definition) is 2. The molecule has 0 aromatic carbocycles. The molecule has 0 radical (unpaired) electrons. The van der Waals surface area contributed by atoms with E-state index in [4.69, 9.17) is 10.5 Å². The van der Waals surface area contributed by atoms with E-state index in [-0.39, 0.29) is 12.0 Å². The van der Waals surface area contributed by atoms with Crippen molar-refractivity contribution in [2.75, 3.05) is 18.6 Å². The van der Waals surface area contributed by atoms with Gasteiger partial charge in [-0.25, -0.2) is 4.79 Å². The molecule has 19 heavy (non-hydrogen) atoms. The first kappa shape index (κ1) is 14.0. The van der Waals surface area contributed by atoms with Crippen LogP contribution < -0.4 is 11.4 Å². The van der Waals surface area contributed by atoms with Gasteiger partial charge in [0.1, 0.15) is 5.82 Å². The van der Waals surface area contributed by atoms with E-state index in [1.54, 1.807) is 25.3 Å². The standard InChI is InChI=1S/C11H16N3O4P/c1-7-5-14(11(15)13-10(7)12)9-4-3-8(18-9)6-19(2,16)17/h3-5,8-9H,6H2,1-2H3,(H,16,17)(H2,12,13,15)/t8-,9+/m0/s1. The van der Waals surface area contributed by atoms with E-state index in [0.717, 1.165) is 0 Å². The quantitative estimate of drug-likeness (QED) is 0.618. The highest BCUT2D eigenvalue weighted by Gasteiger charge is 2.26. The number of nitrogen functional groups attached to an aromatic ring is 1. The molecule has 0 amide bonds. The molecule has 1 aromatic rings. The number of rotatable bonds is 3. The zero-order chi connectivity index (χ0) is 14.2. The number of ether oxygens (including phenoxy) is 1. The van der Waals surface area contributed by atoms with Crippen molar-refractivity contribution in [3.05, 3.63) is 34.4 Å². The van der Waals surface area contributed by atoms with E-state index in [1.807, 2.05) is 0 Å². The lowest BCUT2D eigenvalue weighted by atomic mass is 10.3. The lowest BCUT2D eigenvalue weighted by Gasteiger charge is -2.17. The lowest BCUT2D eigenvalue weighted by Crippen LogP contribution is -2.28. The van der Waals surface area contributed by atoms with Crippen LogP contribution in [0, 0.1) is 6.92 Å². The number of aryl methyl sites for hydroxylation is 1. The van der Waals surface area contributed by atoms with Gasteiger partial charge in [-0.1, -0.05) is 6.08 Å². The van der Waals surface area contributed by atoms with Crippen LogP contribution in [0.2, 0.25) is 0 Å². The van der Waals surface area contributed by atoms with Crippen LogP contribution in [0.5, 0.6) is 0 Å². The average molecular weight is 285 g/mol. The summed E-state index contributed by atoms with van der Waals surface area (Å²) in [7, 11) is -3.16. The Kier molecular flexibility index (Phi) is 3.62. The van der Waals surface area contributed by atoms with E-state index >= 15 is 0 Å². The molecule has 1 aliphatic heterocycles. The van der Waals surface area contributed by atoms with Gasteiger partial charge < -0.3 is 15.4 Å². The highest BCUT2D eigenvalue weighted by Crippen LogP contribution is 2.38. The van der Waals surface area contributed by atoms with Crippen molar-refractivity contribution in [1.29, 1.82) is 0 Å². The molecule has 1 aromatic heterocycles. The Morgan fingerprint density at radius 3 is 2.89 bits per heavy atom. The minimum absolute atomic E-state index is 0.0239. The lowest BCUT2D eigenvalue weighted by molar-refractivity contribution is 0.0251. The molecular weight excluding hydrogens is 269 g/mol. The molecule has 8 heteroatoms. The summed E-state index contributed by atoms with van der Waals surface area (Å²) in [6.45, 7) is 3.01. The summed E-state index contributed by atoms with van der Waals surface area (Å²) in [4.78, 5) is 24.7. The Morgan fingerprint density at radius 1 is 1.58 bits per heavy atom. The van der Waals surface area contributed by atoms with Crippen LogP contribution in [0.1, 0.15) is 11.8 Å². The molecule has 2 heterocycles. The summed E-state index contributed by atoms with van der Waals surface area (Å²) in [5.74, 6) is 0.188. The predicted molar refractivity (Wildman–Crippen MR) is 71.3 cm³/mol. The van der Waals surface area contributed by atoms with E-state index in [0.29, 0.717) is 5.56 Å². The molecule has 104 valence electrons. The Bertz CT molecular complexity index is 619. The highest BCUT2D eigenvalue weighted by atomic mass is 31.2. The zero-order valence-electron chi connectivity index (χ0n) is 10.7. The van der Waals surface area contributed by atoms with Gasteiger partial charge in [0.25, 0.3) is 0 Å². The summed E-state index contributed by atoms with van der Waals surface area (Å²) in [6, 6.07) is 0. The molecule has 1 unspecified atom stereocenters. The van der Waals surface area contributed by atoms with Crippen molar-refractivity contribution in [3.8, 4) is 0 Å². The van der Waals surface area contributed by atoms with Crippen molar-refractivity contribution >= 4 is 13.2 Å². The molecule has 1 aliphatic rings. The van der Waals surface area contributed by atoms with Crippen LogP contribution in [-0.2, 0) is 9.30 Å². The predicted octanol–water partition coefficient (Wildman–Crippen LogP) is 0.488. The van der Waals surface area contributed by atoms with Crippen LogP contribution in [0.25, 0.3) is 0 Å². The molecule has 0 aliphatic carbocycles. The maximum Gasteiger partial charge on any atom is 0.351 e. The summed E-state index contributed by atoms with van der Waals surface area (Å²) in [5.41, 5.74) is 5.70. The van der Waals surface area contributed by atoms with Crippen molar-refractivity contribution in [2.24, 2.45) is 0 Å². The molecule has 0 saturated carbocycles. The van der Waals surface area contributed by atoms with E-state index in [9.17, 15) is 14.3 Å². The Balaban J connectivity index is 2.19. The van der Waals surface area contributed by atoms with Gasteiger partial charge in [-0.2, -0.15) is 4.98 Å². The van der Waals surface area contributed by atoms with Crippen molar-refractivity contribution < 1.29 is 14.2 Å². The Hall–Kier alpha value is -1.43. The van der Waals surface area contributed by atoms with Crippen LogP contribution in [0.15, 0.2) is 23.1 Å². The second-order valence-corrected chi connectivity index (χ2v) is 7.15. The van der Waals surface area contributed by atoms with E-state index < -0.39 is 25.4 Å². The maximum absolute atomic E-state index is 11.7. The first-order valence-electron chi connectivity index (χ1n) is 5.74. The SMILES string of the molecule is Cc1cn([C@H]2C=C[C@@H](CP(C)(=O)O)O2)c(=O)nc1N. The van der Waals surface area contributed by atoms with Gasteiger partial charge in [0.15, 0.2) is 6.23 Å². The number of hydrogen-bond acceptors (Lipinski definition) is 5.